The Morgan fingerprint density at radius 1 is 0.943 bits per heavy atom. The van der Waals surface area contributed by atoms with E-state index in [1.807, 2.05) is 43.3 Å². The zero-order valence-corrected chi connectivity index (χ0v) is 19.6. The van der Waals surface area contributed by atoms with Crippen LogP contribution in [-0.2, 0) is 17.7 Å². The van der Waals surface area contributed by atoms with Crippen LogP contribution in [0.5, 0.6) is 0 Å². The van der Waals surface area contributed by atoms with Gasteiger partial charge >= 0.3 is 6.09 Å². The van der Waals surface area contributed by atoms with Gasteiger partial charge in [0, 0.05) is 24.3 Å². The van der Waals surface area contributed by atoms with E-state index in [-0.39, 0.29) is 11.1 Å². The number of pyridine rings is 1. The van der Waals surface area contributed by atoms with Crippen molar-refractivity contribution in [3.05, 3.63) is 89.1 Å². The van der Waals surface area contributed by atoms with Gasteiger partial charge in [0.1, 0.15) is 0 Å². The van der Waals surface area contributed by atoms with Gasteiger partial charge in [-0.25, -0.2) is 4.79 Å². The second-order valence-corrected chi connectivity index (χ2v) is 9.01. The summed E-state index contributed by atoms with van der Waals surface area (Å²) in [4.78, 5) is 50.0. The third-order valence-electron chi connectivity index (χ3n) is 6.72. The fourth-order valence-electron chi connectivity index (χ4n) is 4.70. The second-order valence-electron chi connectivity index (χ2n) is 9.01. The Hall–Kier alpha value is -4.00. The molecule has 0 aliphatic carbocycles. The summed E-state index contributed by atoms with van der Waals surface area (Å²) in [7, 11) is 0. The molecule has 0 unspecified atom stereocenters. The molecule has 3 heterocycles. The molecular weight excluding hydrogens is 442 g/mol. The Balaban J connectivity index is 1.23. The number of likely N-dealkylation sites (tertiary alicyclic amines) is 1. The molecule has 2 aromatic carbocycles. The zero-order valence-electron chi connectivity index (χ0n) is 19.6. The van der Waals surface area contributed by atoms with Gasteiger partial charge in [0.2, 0.25) is 0 Å². The van der Waals surface area contributed by atoms with E-state index < -0.39 is 17.9 Å². The van der Waals surface area contributed by atoms with E-state index in [4.69, 9.17) is 4.84 Å². The van der Waals surface area contributed by atoms with Crippen LogP contribution in [0.3, 0.4) is 0 Å². The number of fused-ring (bicyclic) bond motifs is 1. The molecule has 2 aliphatic heterocycles. The lowest BCUT2D eigenvalue weighted by atomic mass is 9.90. The minimum Gasteiger partial charge on any atom is -0.310 e. The number of hydrogen-bond donors (Lipinski definition) is 0. The standard InChI is InChI=1S/C28H27N3O4/c1-2-22-9-6-10-25(29-22)21-11-12-23-24(18-21)27(33)31(26(23)32)35-28(34)30-15-13-20(14-16-30)17-19-7-4-3-5-8-19/h3-12,18,20H,2,13-17H2,1H3. The molecule has 7 nitrogen and oxygen atoms in total. The van der Waals surface area contributed by atoms with Gasteiger partial charge in [-0.2, -0.15) is 0 Å². The smallest absolute Gasteiger partial charge is 0.310 e. The highest BCUT2D eigenvalue weighted by atomic mass is 16.7. The third-order valence-corrected chi connectivity index (χ3v) is 6.72. The highest BCUT2D eigenvalue weighted by Gasteiger charge is 2.40. The molecular formula is C28H27N3O4. The zero-order chi connectivity index (χ0) is 24.4. The van der Waals surface area contributed by atoms with Gasteiger partial charge < -0.3 is 9.74 Å². The fourth-order valence-corrected chi connectivity index (χ4v) is 4.70. The molecule has 0 saturated carbocycles. The largest absolute Gasteiger partial charge is 0.434 e. The molecule has 5 rings (SSSR count). The van der Waals surface area contributed by atoms with E-state index in [1.54, 1.807) is 23.1 Å². The molecule has 7 heteroatoms. The molecule has 1 fully saturated rings. The number of rotatable bonds is 5. The number of aromatic nitrogens is 1. The van der Waals surface area contributed by atoms with Crippen molar-refractivity contribution >= 4 is 17.9 Å². The molecule has 3 aromatic rings. The normalized spacial score (nSPS) is 15.9. The monoisotopic (exact) mass is 469 g/mol. The number of nitrogens with zero attached hydrogens (tertiary/aromatic N) is 3. The van der Waals surface area contributed by atoms with Gasteiger partial charge in [0.15, 0.2) is 0 Å². The first kappa shape index (κ1) is 22.8. The van der Waals surface area contributed by atoms with Gasteiger partial charge in [-0.15, -0.1) is 0 Å². The van der Waals surface area contributed by atoms with Gasteiger partial charge in [0.05, 0.1) is 16.8 Å². The summed E-state index contributed by atoms with van der Waals surface area (Å²) in [5.74, 6) is -0.774. The molecule has 0 radical (unpaired) electrons. The highest BCUT2D eigenvalue weighted by Crippen LogP contribution is 2.29. The van der Waals surface area contributed by atoms with Crippen LogP contribution in [0.4, 0.5) is 4.79 Å². The first-order valence-electron chi connectivity index (χ1n) is 12.0. The predicted octanol–water partition coefficient (Wildman–Crippen LogP) is 4.91. The Labute approximate surface area is 204 Å². The Bertz CT molecular complexity index is 1270. The summed E-state index contributed by atoms with van der Waals surface area (Å²) in [5, 5.41) is 0.586. The molecule has 178 valence electrons. The van der Waals surface area contributed by atoms with Crippen molar-refractivity contribution in [2.75, 3.05) is 13.1 Å². The van der Waals surface area contributed by atoms with Crippen molar-refractivity contribution in [3.8, 4) is 11.3 Å². The molecule has 1 saturated heterocycles. The Morgan fingerprint density at radius 2 is 1.69 bits per heavy atom. The molecule has 35 heavy (non-hydrogen) atoms. The molecule has 1 aromatic heterocycles. The quantitative estimate of drug-likeness (QED) is 0.496. The lowest BCUT2D eigenvalue weighted by molar-refractivity contribution is -0.0594. The van der Waals surface area contributed by atoms with Crippen molar-refractivity contribution in [2.45, 2.75) is 32.6 Å². The third kappa shape index (κ3) is 4.67. The average Bonchev–Trinajstić information content (AvgIpc) is 3.14. The maximum absolute atomic E-state index is 13.0. The number of imide groups is 1. The summed E-state index contributed by atoms with van der Waals surface area (Å²) >= 11 is 0. The Morgan fingerprint density at radius 3 is 2.43 bits per heavy atom. The first-order chi connectivity index (χ1) is 17.0. The van der Waals surface area contributed by atoms with Crippen LogP contribution in [0.2, 0.25) is 0 Å². The lowest BCUT2D eigenvalue weighted by Gasteiger charge is -2.31. The van der Waals surface area contributed by atoms with E-state index in [0.717, 1.165) is 42.6 Å². The number of carbonyl (C=O) groups excluding carboxylic acids is 3. The van der Waals surface area contributed by atoms with E-state index in [0.29, 0.717) is 24.1 Å². The van der Waals surface area contributed by atoms with E-state index in [9.17, 15) is 14.4 Å². The van der Waals surface area contributed by atoms with E-state index >= 15 is 0 Å². The molecule has 0 N–H and O–H groups in total. The maximum Gasteiger partial charge on any atom is 0.434 e. The maximum atomic E-state index is 13.0. The van der Waals surface area contributed by atoms with Crippen molar-refractivity contribution in [2.24, 2.45) is 5.92 Å². The van der Waals surface area contributed by atoms with Crippen molar-refractivity contribution < 1.29 is 19.2 Å². The number of aryl methyl sites for hydroxylation is 1. The van der Waals surface area contributed by atoms with Gasteiger partial charge in [-0.3, -0.25) is 14.6 Å². The number of piperidine rings is 1. The van der Waals surface area contributed by atoms with Crippen LogP contribution in [-0.4, -0.2) is 45.9 Å². The highest BCUT2D eigenvalue weighted by molar-refractivity contribution is 6.21. The number of hydrogen-bond acceptors (Lipinski definition) is 5. The summed E-state index contributed by atoms with van der Waals surface area (Å²) in [6, 6.07) is 21.0. The minimum absolute atomic E-state index is 0.213. The van der Waals surface area contributed by atoms with Crippen LogP contribution in [0, 0.1) is 5.92 Å². The molecule has 0 spiro atoms. The molecule has 0 bridgehead atoms. The summed E-state index contributed by atoms with van der Waals surface area (Å²) in [6.07, 6.45) is 2.79. The van der Waals surface area contributed by atoms with Gasteiger partial charge in [-0.05, 0) is 61.4 Å². The van der Waals surface area contributed by atoms with Crippen molar-refractivity contribution in [1.29, 1.82) is 0 Å². The SMILES string of the molecule is CCc1cccc(-c2ccc3c(c2)C(=O)N(OC(=O)N2CCC(Cc4ccccc4)CC2)C3=O)n1. The van der Waals surface area contributed by atoms with Crippen LogP contribution < -0.4 is 0 Å². The van der Waals surface area contributed by atoms with Crippen molar-refractivity contribution in [3.63, 3.8) is 0 Å². The minimum atomic E-state index is -0.671. The van der Waals surface area contributed by atoms with Crippen LogP contribution >= 0.6 is 0 Å². The Kier molecular flexibility index (Phi) is 6.31. The summed E-state index contributed by atoms with van der Waals surface area (Å²) in [6.45, 7) is 3.08. The topological polar surface area (TPSA) is 79.8 Å². The van der Waals surface area contributed by atoms with E-state index in [1.165, 1.54) is 5.56 Å². The second kappa shape index (κ2) is 9.70. The number of hydroxylamine groups is 2. The van der Waals surface area contributed by atoms with Crippen molar-refractivity contribution in [1.82, 2.24) is 14.9 Å². The van der Waals surface area contributed by atoms with Crippen LogP contribution in [0.25, 0.3) is 11.3 Å². The number of benzene rings is 2. The first-order valence-corrected chi connectivity index (χ1v) is 12.0. The predicted molar refractivity (Wildman–Crippen MR) is 130 cm³/mol. The lowest BCUT2D eigenvalue weighted by Crippen LogP contribution is -2.43. The van der Waals surface area contributed by atoms with Gasteiger partial charge in [0.25, 0.3) is 11.8 Å². The molecule has 2 aliphatic rings. The number of amides is 3. The summed E-state index contributed by atoms with van der Waals surface area (Å²) in [5.41, 5.74) is 4.12. The molecule has 0 atom stereocenters. The van der Waals surface area contributed by atoms with Crippen LogP contribution in [0.15, 0.2) is 66.7 Å². The number of carbonyl (C=O) groups is 3. The van der Waals surface area contributed by atoms with Crippen LogP contribution in [0.1, 0.15) is 51.7 Å². The van der Waals surface area contributed by atoms with Gasteiger partial charge in [-0.1, -0.05) is 54.5 Å². The van der Waals surface area contributed by atoms with E-state index in [2.05, 4.69) is 17.1 Å². The summed E-state index contributed by atoms with van der Waals surface area (Å²) < 4.78 is 0. The average molecular weight is 470 g/mol. The fraction of sp³-hybridized carbons (Fsp3) is 0.286. The molecule has 3 amide bonds.